The summed E-state index contributed by atoms with van der Waals surface area (Å²) in [5.74, 6) is -0.286. The Morgan fingerprint density at radius 3 is 2.60 bits per heavy atom. The highest BCUT2D eigenvalue weighted by atomic mass is 35.5. The van der Waals surface area contributed by atoms with E-state index in [2.05, 4.69) is 5.32 Å². The van der Waals surface area contributed by atoms with Gasteiger partial charge in [-0.1, -0.05) is 53.5 Å². The highest BCUT2D eigenvalue weighted by molar-refractivity contribution is 7.12. The Labute approximate surface area is 159 Å². The zero-order valence-corrected chi connectivity index (χ0v) is 15.4. The third-order valence-electron chi connectivity index (χ3n) is 3.66. The number of aliphatic hydroxyl groups is 1. The van der Waals surface area contributed by atoms with Crippen molar-refractivity contribution in [1.82, 2.24) is 5.32 Å². The maximum atomic E-state index is 12.3. The Bertz CT molecular complexity index is 880. The first-order chi connectivity index (χ1) is 12.0. The van der Waals surface area contributed by atoms with E-state index < -0.39 is 6.10 Å². The van der Waals surface area contributed by atoms with E-state index in [4.69, 9.17) is 23.2 Å². The Balaban J connectivity index is 1.66. The fourth-order valence-corrected chi connectivity index (χ4v) is 3.71. The summed E-state index contributed by atoms with van der Waals surface area (Å²) >= 11 is 13.4. The maximum absolute atomic E-state index is 12.3. The minimum atomic E-state index is -0.668. The Morgan fingerprint density at radius 2 is 1.84 bits per heavy atom. The molecular formula is C19H15Cl2NO2S. The van der Waals surface area contributed by atoms with Gasteiger partial charge in [0.25, 0.3) is 5.91 Å². The van der Waals surface area contributed by atoms with Crippen molar-refractivity contribution in [2.75, 3.05) is 0 Å². The fraction of sp³-hybridized carbons (Fsp3) is 0.105. The third-order valence-corrected chi connectivity index (χ3v) is 5.37. The monoisotopic (exact) mass is 391 g/mol. The molecule has 3 rings (SSSR count). The summed E-state index contributed by atoms with van der Waals surface area (Å²) in [4.78, 5) is 14.0. The number of thiophene rings is 1. The van der Waals surface area contributed by atoms with Crippen molar-refractivity contribution in [2.45, 2.75) is 12.6 Å². The van der Waals surface area contributed by atoms with Crippen LogP contribution in [-0.4, -0.2) is 11.0 Å². The van der Waals surface area contributed by atoms with Gasteiger partial charge in [-0.05, 0) is 35.9 Å². The van der Waals surface area contributed by atoms with Crippen LogP contribution in [0.3, 0.4) is 0 Å². The molecule has 6 heteroatoms. The number of hydrogen-bond acceptors (Lipinski definition) is 3. The SMILES string of the molecule is O=C(NCc1ccc(C(O)c2ccccc2)s1)c1cc(Cl)ccc1Cl. The van der Waals surface area contributed by atoms with Crippen LogP contribution in [0, 0.1) is 0 Å². The second-order valence-corrected chi connectivity index (χ2v) is 7.47. The first-order valence-corrected chi connectivity index (χ1v) is 9.16. The lowest BCUT2D eigenvalue weighted by atomic mass is 10.1. The van der Waals surface area contributed by atoms with Crippen LogP contribution < -0.4 is 5.32 Å². The van der Waals surface area contributed by atoms with Gasteiger partial charge >= 0.3 is 0 Å². The van der Waals surface area contributed by atoms with Crippen LogP contribution in [0.4, 0.5) is 0 Å². The molecule has 3 nitrogen and oxygen atoms in total. The van der Waals surface area contributed by atoms with E-state index in [0.29, 0.717) is 22.2 Å². The third kappa shape index (κ3) is 4.41. The van der Waals surface area contributed by atoms with E-state index in [1.165, 1.54) is 17.4 Å². The van der Waals surface area contributed by atoms with Gasteiger partial charge in [0, 0.05) is 14.8 Å². The molecule has 0 saturated carbocycles. The number of nitrogens with one attached hydrogen (secondary N) is 1. The van der Waals surface area contributed by atoms with Crippen LogP contribution in [0.25, 0.3) is 0 Å². The number of carbonyl (C=O) groups is 1. The Kier molecular flexibility index (Phi) is 5.76. The Hall–Kier alpha value is -1.85. The van der Waals surface area contributed by atoms with Crippen molar-refractivity contribution in [3.8, 4) is 0 Å². The van der Waals surface area contributed by atoms with Gasteiger partial charge in [-0.2, -0.15) is 0 Å². The number of benzene rings is 2. The molecule has 1 heterocycles. The van der Waals surface area contributed by atoms with Crippen molar-refractivity contribution in [3.63, 3.8) is 0 Å². The molecule has 0 fully saturated rings. The van der Waals surface area contributed by atoms with Crippen LogP contribution in [0.5, 0.6) is 0 Å². The molecule has 0 aliphatic rings. The summed E-state index contributed by atoms with van der Waals surface area (Å²) in [7, 11) is 0. The van der Waals surface area contributed by atoms with Gasteiger partial charge in [-0.15, -0.1) is 11.3 Å². The molecule has 128 valence electrons. The van der Waals surface area contributed by atoms with E-state index in [1.54, 1.807) is 12.1 Å². The number of aliphatic hydroxyl groups excluding tert-OH is 1. The lowest BCUT2D eigenvalue weighted by molar-refractivity contribution is 0.0951. The molecule has 1 atom stereocenters. The first-order valence-electron chi connectivity index (χ1n) is 7.59. The van der Waals surface area contributed by atoms with Gasteiger partial charge in [-0.3, -0.25) is 4.79 Å². The van der Waals surface area contributed by atoms with Crippen LogP contribution in [0.15, 0.2) is 60.7 Å². The van der Waals surface area contributed by atoms with Gasteiger partial charge in [0.1, 0.15) is 6.10 Å². The van der Waals surface area contributed by atoms with Gasteiger partial charge in [0.2, 0.25) is 0 Å². The molecule has 0 aliphatic heterocycles. The van der Waals surface area contributed by atoms with Gasteiger partial charge in [-0.25, -0.2) is 0 Å². The largest absolute Gasteiger partial charge is 0.383 e. The summed E-state index contributed by atoms with van der Waals surface area (Å²) in [6.07, 6.45) is -0.668. The smallest absolute Gasteiger partial charge is 0.253 e. The van der Waals surface area contributed by atoms with Crippen molar-refractivity contribution >= 4 is 40.4 Å². The number of amides is 1. The topological polar surface area (TPSA) is 49.3 Å². The second-order valence-electron chi connectivity index (χ2n) is 5.42. The first kappa shape index (κ1) is 18.0. The number of hydrogen-bond donors (Lipinski definition) is 2. The molecule has 0 aliphatic carbocycles. The van der Waals surface area contributed by atoms with Gasteiger partial charge < -0.3 is 10.4 Å². The average molecular weight is 392 g/mol. The average Bonchev–Trinajstić information content (AvgIpc) is 3.11. The lowest BCUT2D eigenvalue weighted by Crippen LogP contribution is -2.22. The zero-order valence-electron chi connectivity index (χ0n) is 13.1. The van der Waals surface area contributed by atoms with Gasteiger partial charge in [0.15, 0.2) is 0 Å². The Morgan fingerprint density at radius 1 is 1.08 bits per heavy atom. The number of rotatable bonds is 5. The molecule has 2 aromatic carbocycles. The molecule has 1 aromatic heterocycles. The molecule has 1 amide bonds. The highest BCUT2D eigenvalue weighted by Gasteiger charge is 2.14. The molecule has 0 spiro atoms. The second kappa shape index (κ2) is 8.02. The summed E-state index contributed by atoms with van der Waals surface area (Å²) < 4.78 is 0. The summed E-state index contributed by atoms with van der Waals surface area (Å²) in [5.41, 5.74) is 1.18. The summed E-state index contributed by atoms with van der Waals surface area (Å²) in [5, 5.41) is 14.1. The molecule has 1 unspecified atom stereocenters. The molecule has 3 aromatic rings. The van der Waals surface area contributed by atoms with E-state index >= 15 is 0 Å². The number of halogens is 2. The minimum Gasteiger partial charge on any atom is -0.383 e. The molecule has 0 saturated heterocycles. The maximum Gasteiger partial charge on any atom is 0.253 e. The normalized spacial score (nSPS) is 12.0. The van der Waals surface area contributed by atoms with Crippen molar-refractivity contribution in [2.24, 2.45) is 0 Å². The minimum absolute atomic E-state index is 0.286. The lowest BCUT2D eigenvalue weighted by Gasteiger charge is -2.08. The van der Waals surface area contributed by atoms with E-state index in [0.717, 1.165) is 15.3 Å². The van der Waals surface area contributed by atoms with Crippen LogP contribution in [-0.2, 0) is 6.54 Å². The van der Waals surface area contributed by atoms with Crippen LogP contribution in [0.2, 0.25) is 10.0 Å². The zero-order chi connectivity index (χ0) is 17.8. The molecule has 0 radical (unpaired) electrons. The molecule has 2 N–H and O–H groups in total. The summed E-state index contributed by atoms with van der Waals surface area (Å²) in [6.45, 7) is 0.355. The van der Waals surface area contributed by atoms with Crippen molar-refractivity contribution < 1.29 is 9.90 Å². The van der Waals surface area contributed by atoms with E-state index in [1.807, 2.05) is 42.5 Å². The van der Waals surface area contributed by atoms with Crippen molar-refractivity contribution in [1.29, 1.82) is 0 Å². The molecule has 25 heavy (non-hydrogen) atoms. The molecule has 0 bridgehead atoms. The predicted molar refractivity (Wildman–Crippen MR) is 102 cm³/mol. The quantitative estimate of drug-likeness (QED) is 0.637. The summed E-state index contributed by atoms with van der Waals surface area (Å²) in [6, 6.07) is 18.0. The standard InChI is InChI=1S/C19H15Cl2NO2S/c20-13-6-8-16(21)15(10-13)19(24)22-11-14-7-9-17(25-14)18(23)12-4-2-1-3-5-12/h1-10,18,23H,11H2,(H,22,24). The number of carbonyl (C=O) groups excluding carboxylic acids is 1. The predicted octanol–water partition coefficient (Wildman–Crippen LogP) is 5.07. The van der Waals surface area contributed by atoms with Crippen LogP contribution >= 0.6 is 34.5 Å². The van der Waals surface area contributed by atoms with Crippen LogP contribution in [0.1, 0.15) is 31.8 Å². The van der Waals surface area contributed by atoms with Crippen molar-refractivity contribution in [3.05, 3.63) is 91.6 Å². The highest BCUT2D eigenvalue weighted by Crippen LogP contribution is 2.28. The molecular weight excluding hydrogens is 377 g/mol. The van der Waals surface area contributed by atoms with E-state index in [-0.39, 0.29) is 5.91 Å². The fourth-order valence-electron chi connectivity index (χ4n) is 2.37. The van der Waals surface area contributed by atoms with E-state index in [9.17, 15) is 9.90 Å². The van der Waals surface area contributed by atoms with Gasteiger partial charge in [0.05, 0.1) is 17.1 Å².